The number of nitrogens with zero attached hydrogens (tertiary/aromatic N) is 1. The lowest BCUT2D eigenvalue weighted by Crippen LogP contribution is -2.55. The molecule has 1 unspecified atom stereocenters. The molecule has 4 fully saturated rings. The first kappa shape index (κ1) is 15.4. The Morgan fingerprint density at radius 2 is 1.87 bits per heavy atom. The fourth-order valence-corrected chi connectivity index (χ4v) is 4.80. The fraction of sp³-hybridized carbons (Fsp3) is 0.889. The summed E-state index contributed by atoms with van der Waals surface area (Å²) in [5.74, 6) is 0.504. The van der Waals surface area contributed by atoms with E-state index < -0.39 is 5.97 Å². The smallest absolute Gasteiger partial charge is 0.317 e. The summed E-state index contributed by atoms with van der Waals surface area (Å²) in [5.41, 5.74) is 0.370. The van der Waals surface area contributed by atoms with E-state index in [4.69, 9.17) is 5.11 Å². The first-order chi connectivity index (χ1) is 11.1. The summed E-state index contributed by atoms with van der Waals surface area (Å²) in [6.07, 6.45) is 10.5. The molecule has 128 valence electrons. The number of carboxylic acid groups (broad SMARTS) is 1. The second kappa shape index (κ2) is 5.76. The highest BCUT2D eigenvalue weighted by Gasteiger charge is 2.59. The molecule has 4 rings (SSSR count). The van der Waals surface area contributed by atoms with Gasteiger partial charge in [0.1, 0.15) is 0 Å². The number of hydrogen-bond donors (Lipinski definition) is 2. The molecule has 5 heteroatoms. The number of carboxylic acids is 1. The largest absolute Gasteiger partial charge is 0.480 e. The predicted octanol–water partition coefficient (Wildman–Crippen LogP) is 2.01. The molecule has 1 spiro atoms. The van der Waals surface area contributed by atoms with Gasteiger partial charge in [0.05, 0.1) is 6.54 Å². The van der Waals surface area contributed by atoms with Gasteiger partial charge in [0, 0.05) is 24.5 Å². The maximum absolute atomic E-state index is 12.4. The second-order valence-corrected chi connectivity index (χ2v) is 8.42. The molecule has 0 bridgehead atoms. The lowest BCUT2D eigenvalue weighted by molar-refractivity contribution is -0.140. The molecule has 2 N–H and O–H groups in total. The third-order valence-corrected chi connectivity index (χ3v) is 6.61. The highest BCUT2D eigenvalue weighted by Crippen LogP contribution is 2.62. The average molecular weight is 320 g/mol. The Bertz CT molecular complexity index is 490. The van der Waals surface area contributed by atoms with Crippen LogP contribution in [0.3, 0.4) is 0 Å². The number of carbonyl (C=O) groups is 2. The van der Waals surface area contributed by atoms with Gasteiger partial charge in [0.2, 0.25) is 5.91 Å². The number of nitrogens with one attached hydrogen (secondary N) is 1. The maximum Gasteiger partial charge on any atom is 0.317 e. The van der Waals surface area contributed by atoms with Crippen LogP contribution in [0.25, 0.3) is 0 Å². The van der Waals surface area contributed by atoms with Crippen LogP contribution in [0.1, 0.15) is 57.8 Å². The molecule has 4 aliphatic carbocycles. The zero-order chi connectivity index (χ0) is 16.0. The third kappa shape index (κ3) is 3.25. The van der Waals surface area contributed by atoms with Crippen molar-refractivity contribution in [2.24, 2.45) is 17.3 Å². The van der Waals surface area contributed by atoms with Crippen LogP contribution in [0.15, 0.2) is 0 Å². The van der Waals surface area contributed by atoms with Crippen molar-refractivity contribution < 1.29 is 14.7 Å². The highest BCUT2D eigenvalue weighted by molar-refractivity contribution is 5.83. The minimum atomic E-state index is -0.737. The zero-order valence-electron chi connectivity index (χ0n) is 13.8. The predicted molar refractivity (Wildman–Crippen MR) is 85.9 cm³/mol. The maximum atomic E-state index is 12.4. The highest BCUT2D eigenvalue weighted by atomic mass is 16.4. The Morgan fingerprint density at radius 3 is 2.48 bits per heavy atom. The lowest BCUT2D eigenvalue weighted by atomic mass is 9.85. The number of amides is 1. The van der Waals surface area contributed by atoms with Crippen molar-refractivity contribution in [2.75, 3.05) is 13.1 Å². The van der Waals surface area contributed by atoms with Crippen LogP contribution in [0.4, 0.5) is 0 Å². The van der Waals surface area contributed by atoms with Crippen molar-refractivity contribution in [3.63, 3.8) is 0 Å². The number of aliphatic carboxylic acids is 1. The van der Waals surface area contributed by atoms with E-state index in [9.17, 15) is 9.59 Å². The van der Waals surface area contributed by atoms with Gasteiger partial charge in [0.25, 0.3) is 0 Å². The molecule has 0 saturated heterocycles. The summed E-state index contributed by atoms with van der Waals surface area (Å²) in [6, 6.07) is 0.610. The molecule has 1 atom stereocenters. The minimum Gasteiger partial charge on any atom is -0.480 e. The molecule has 4 aliphatic rings. The van der Waals surface area contributed by atoms with Crippen LogP contribution in [-0.2, 0) is 9.59 Å². The van der Waals surface area contributed by atoms with Gasteiger partial charge in [-0.3, -0.25) is 14.5 Å². The summed E-state index contributed by atoms with van der Waals surface area (Å²) in [7, 11) is 0. The molecular formula is C18H28N2O3. The van der Waals surface area contributed by atoms with E-state index in [1.165, 1.54) is 38.5 Å². The Labute approximate surface area is 137 Å². The van der Waals surface area contributed by atoms with Crippen molar-refractivity contribution in [1.82, 2.24) is 10.2 Å². The van der Waals surface area contributed by atoms with E-state index in [1.807, 2.05) is 0 Å². The van der Waals surface area contributed by atoms with E-state index in [0.717, 1.165) is 25.8 Å². The van der Waals surface area contributed by atoms with E-state index in [-0.39, 0.29) is 24.4 Å². The van der Waals surface area contributed by atoms with Crippen LogP contribution in [0.5, 0.6) is 0 Å². The monoisotopic (exact) mass is 320 g/mol. The van der Waals surface area contributed by atoms with E-state index in [0.29, 0.717) is 17.4 Å². The van der Waals surface area contributed by atoms with E-state index in [2.05, 4.69) is 10.2 Å². The van der Waals surface area contributed by atoms with Crippen molar-refractivity contribution in [1.29, 1.82) is 0 Å². The molecule has 0 radical (unpaired) electrons. The van der Waals surface area contributed by atoms with Crippen LogP contribution in [0.2, 0.25) is 0 Å². The summed E-state index contributed by atoms with van der Waals surface area (Å²) in [4.78, 5) is 25.6. The normalized spacial score (nSPS) is 34.4. The number of rotatable bonds is 7. The van der Waals surface area contributed by atoms with Gasteiger partial charge in [-0.2, -0.15) is 0 Å². The van der Waals surface area contributed by atoms with Crippen molar-refractivity contribution in [3.8, 4) is 0 Å². The molecule has 0 aromatic heterocycles. The summed E-state index contributed by atoms with van der Waals surface area (Å²) in [6.45, 7) is 1.07. The van der Waals surface area contributed by atoms with Crippen molar-refractivity contribution in [2.45, 2.75) is 69.9 Å². The Balaban J connectivity index is 1.22. The Hall–Kier alpha value is -1.10. The third-order valence-electron chi connectivity index (χ3n) is 6.61. The van der Waals surface area contributed by atoms with Gasteiger partial charge >= 0.3 is 5.97 Å². The molecule has 0 aromatic carbocycles. The van der Waals surface area contributed by atoms with Crippen LogP contribution in [0, 0.1) is 17.3 Å². The molecule has 23 heavy (non-hydrogen) atoms. The molecule has 5 nitrogen and oxygen atoms in total. The molecular weight excluding hydrogens is 292 g/mol. The first-order valence-electron chi connectivity index (χ1n) is 9.32. The van der Waals surface area contributed by atoms with Gasteiger partial charge in [-0.25, -0.2) is 0 Å². The molecule has 4 saturated carbocycles. The van der Waals surface area contributed by atoms with E-state index in [1.54, 1.807) is 0 Å². The van der Waals surface area contributed by atoms with Gasteiger partial charge in [-0.05, 0) is 56.3 Å². The Morgan fingerprint density at radius 1 is 1.17 bits per heavy atom. The lowest BCUT2D eigenvalue weighted by Gasteiger charge is -2.42. The van der Waals surface area contributed by atoms with Crippen LogP contribution >= 0.6 is 0 Å². The van der Waals surface area contributed by atoms with Crippen LogP contribution < -0.4 is 5.32 Å². The summed E-state index contributed by atoms with van der Waals surface area (Å²) in [5, 5.41) is 12.3. The summed E-state index contributed by atoms with van der Waals surface area (Å²) < 4.78 is 0. The zero-order valence-corrected chi connectivity index (χ0v) is 13.8. The second-order valence-electron chi connectivity index (χ2n) is 8.42. The van der Waals surface area contributed by atoms with Crippen molar-refractivity contribution in [3.05, 3.63) is 0 Å². The molecule has 0 heterocycles. The van der Waals surface area contributed by atoms with Gasteiger partial charge in [0.15, 0.2) is 0 Å². The number of carbonyl (C=O) groups excluding carboxylic acids is 1. The van der Waals surface area contributed by atoms with E-state index >= 15 is 0 Å². The number of hydrogen-bond acceptors (Lipinski definition) is 3. The molecule has 1 amide bonds. The fourth-order valence-electron chi connectivity index (χ4n) is 4.80. The quantitative estimate of drug-likeness (QED) is 0.753. The topological polar surface area (TPSA) is 69.6 Å². The Kier molecular flexibility index (Phi) is 3.87. The average Bonchev–Trinajstić information content (AvgIpc) is 3.31. The van der Waals surface area contributed by atoms with Gasteiger partial charge < -0.3 is 10.4 Å². The first-order valence-corrected chi connectivity index (χ1v) is 9.32. The molecule has 0 aromatic rings. The van der Waals surface area contributed by atoms with Crippen molar-refractivity contribution >= 4 is 11.9 Å². The minimum absolute atomic E-state index is 0.146. The van der Waals surface area contributed by atoms with Crippen LogP contribution in [-0.4, -0.2) is 47.1 Å². The standard InChI is InChI=1S/C18H28N2O3/c21-16(22)11-20(10-12-3-4-12)14-7-13(8-14)19-17(23)15-9-18(15)5-1-2-6-18/h12-15H,1-11H2,(H,19,23)(H,21,22). The van der Waals surface area contributed by atoms with Gasteiger partial charge in [-0.15, -0.1) is 0 Å². The molecule has 0 aliphatic heterocycles. The summed E-state index contributed by atoms with van der Waals surface area (Å²) >= 11 is 0. The van der Waals surface area contributed by atoms with Gasteiger partial charge in [-0.1, -0.05) is 12.8 Å². The SMILES string of the molecule is O=C(O)CN(CC1CC1)C1CC(NC(=O)C2CC23CCCC3)C1.